The smallest absolute Gasteiger partial charge is 0.223 e. The van der Waals surface area contributed by atoms with Crippen LogP contribution in [-0.2, 0) is 17.6 Å². The first-order valence-corrected chi connectivity index (χ1v) is 8.65. The van der Waals surface area contributed by atoms with E-state index in [4.69, 9.17) is 4.74 Å². The number of aliphatic hydroxyl groups excluding tert-OH is 1. The van der Waals surface area contributed by atoms with Crippen LogP contribution in [0.2, 0.25) is 0 Å². The molecule has 2 aromatic rings. The average Bonchev–Trinajstić information content (AvgIpc) is 3.19. The molecule has 1 fully saturated rings. The Morgan fingerprint density at radius 3 is 2.76 bits per heavy atom. The average molecular weight is 343 g/mol. The zero-order valence-electron chi connectivity index (χ0n) is 14.7. The number of hydrogen-bond acceptors (Lipinski definition) is 4. The van der Waals surface area contributed by atoms with E-state index in [-0.39, 0.29) is 11.8 Å². The van der Waals surface area contributed by atoms with Crippen molar-refractivity contribution < 1.29 is 14.6 Å². The Balaban J connectivity index is 1.50. The third kappa shape index (κ3) is 4.39. The molecule has 1 aromatic carbocycles. The highest BCUT2D eigenvalue weighted by atomic mass is 16.5. The second kappa shape index (κ2) is 7.70. The Morgan fingerprint density at radius 1 is 1.36 bits per heavy atom. The van der Waals surface area contributed by atoms with Crippen LogP contribution in [0.15, 0.2) is 30.3 Å². The van der Waals surface area contributed by atoms with Gasteiger partial charge in [-0.25, -0.2) is 0 Å². The number of aromatic amines is 1. The van der Waals surface area contributed by atoms with Gasteiger partial charge in [-0.2, -0.15) is 5.10 Å². The fraction of sp³-hybridized carbons (Fsp3) is 0.474. The SMILES string of the molecule is COc1ccc(CCC(=O)N2C[C@@H](Cc3cc(C)[nH]n3)[C@H](O)C2)cc1. The molecule has 0 radical (unpaired) electrons. The van der Waals surface area contributed by atoms with Crippen LogP contribution in [0.3, 0.4) is 0 Å². The van der Waals surface area contributed by atoms with Crippen LogP contribution >= 0.6 is 0 Å². The van der Waals surface area contributed by atoms with Crippen molar-refractivity contribution in [2.45, 2.75) is 32.3 Å². The number of benzene rings is 1. The number of nitrogens with one attached hydrogen (secondary N) is 1. The lowest BCUT2D eigenvalue weighted by Gasteiger charge is -2.16. The van der Waals surface area contributed by atoms with E-state index in [9.17, 15) is 9.90 Å². The number of H-pyrrole nitrogens is 1. The van der Waals surface area contributed by atoms with Crippen molar-refractivity contribution in [3.8, 4) is 5.75 Å². The van der Waals surface area contributed by atoms with E-state index >= 15 is 0 Å². The van der Waals surface area contributed by atoms with Gasteiger partial charge in [0.05, 0.1) is 18.9 Å². The summed E-state index contributed by atoms with van der Waals surface area (Å²) < 4.78 is 5.14. The number of aromatic nitrogens is 2. The quantitative estimate of drug-likeness (QED) is 0.837. The van der Waals surface area contributed by atoms with Crippen LogP contribution < -0.4 is 4.74 Å². The maximum Gasteiger partial charge on any atom is 0.223 e. The van der Waals surface area contributed by atoms with Crippen molar-refractivity contribution in [3.63, 3.8) is 0 Å². The number of aryl methyl sites for hydroxylation is 2. The molecular formula is C19H25N3O3. The lowest BCUT2D eigenvalue weighted by Crippen LogP contribution is -2.29. The molecule has 3 rings (SSSR count). The molecule has 0 bridgehead atoms. The van der Waals surface area contributed by atoms with Crippen LogP contribution in [0.25, 0.3) is 0 Å². The minimum Gasteiger partial charge on any atom is -0.497 e. The molecule has 1 aliphatic heterocycles. The van der Waals surface area contributed by atoms with E-state index in [1.807, 2.05) is 37.3 Å². The number of likely N-dealkylation sites (tertiary alicyclic amines) is 1. The van der Waals surface area contributed by atoms with Gasteiger partial charge in [-0.1, -0.05) is 12.1 Å². The Morgan fingerprint density at radius 2 is 2.12 bits per heavy atom. The summed E-state index contributed by atoms with van der Waals surface area (Å²) in [7, 11) is 1.64. The molecule has 6 nitrogen and oxygen atoms in total. The molecule has 1 aromatic heterocycles. The molecule has 0 spiro atoms. The molecule has 0 saturated carbocycles. The highest BCUT2D eigenvalue weighted by Gasteiger charge is 2.34. The molecule has 134 valence electrons. The maximum absolute atomic E-state index is 12.5. The third-order valence-electron chi connectivity index (χ3n) is 4.78. The fourth-order valence-corrected chi connectivity index (χ4v) is 3.31. The summed E-state index contributed by atoms with van der Waals surface area (Å²) in [5, 5.41) is 17.4. The molecule has 6 heteroatoms. The number of hydrogen-bond donors (Lipinski definition) is 2. The van der Waals surface area contributed by atoms with E-state index < -0.39 is 6.10 Å². The molecule has 2 N–H and O–H groups in total. The van der Waals surface area contributed by atoms with Gasteiger partial charge in [0.25, 0.3) is 0 Å². The van der Waals surface area contributed by atoms with Gasteiger partial charge >= 0.3 is 0 Å². The van der Waals surface area contributed by atoms with Gasteiger partial charge in [-0.15, -0.1) is 0 Å². The van der Waals surface area contributed by atoms with Gasteiger partial charge in [0.2, 0.25) is 5.91 Å². The Bertz CT molecular complexity index is 711. The summed E-state index contributed by atoms with van der Waals surface area (Å²) in [6, 6.07) is 9.75. The Kier molecular flexibility index (Phi) is 5.38. The molecule has 0 aliphatic carbocycles. The summed E-state index contributed by atoms with van der Waals surface area (Å²) in [6.07, 6.45) is 1.35. The number of amides is 1. The summed E-state index contributed by atoms with van der Waals surface area (Å²) in [5.41, 5.74) is 3.06. The molecule has 0 unspecified atom stereocenters. The largest absolute Gasteiger partial charge is 0.497 e. The number of ether oxygens (including phenoxy) is 1. The highest BCUT2D eigenvalue weighted by molar-refractivity contribution is 5.76. The number of aliphatic hydroxyl groups is 1. The van der Waals surface area contributed by atoms with Crippen LogP contribution in [0.5, 0.6) is 5.75 Å². The zero-order chi connectivity index (χ0) is 17.8. The van der Waals surface area contributed by atoms with Gasteiger partial charge in [0.15, 0.2) is 0 Å². The first-order valence-electron chi connectivity index (χ1n) is 8.65. The van der Waals surface area contributed by atoms with Gasteiger partial charge in [-0.05, 0) is 43.5 Å². The first kappa shape index (κ1) is 17.5. The van der Waals surface area contributed by atoms with Crippen molar-refractivity contribution >= 4 is 5.91 Å². The van der Waals surface area contributed by atoms with Crippen LogP contribution in [0.4, 0.5) is 0 Å². The lowest BCUT2D eigenvalue weighted by atomic mass is 10.0. The van der Waals surface area contributed by atoms with Crippen LogP contribution in [0.1, 0.15) is 23.4 Å². The molecule has 1 aliphatic rings. The summed E-state index contributed by atoms with van der Waals surface area (Å²) in [6.45, 7) is 2.96. The van der Waals surface area contributed by atoms with Crippen molar-refractivity contribution in [3.05, 3.63) is 47.3 Å². The molecule has 2 heterocycles. The number of carbonyl (C=O) groups excluding carboxylic acids is 1. The molecular weight excluding hydrogens is 318 g/mol. The number of nitrogens with zero attached hydrogens (tertiary/aromatic N) is 2. The van der Waals surface area contributed by atoms with Crippen LogP contribution in [-0.4, -0.2) is 52.4 Å². The van der Waals surface area contributed by atoms with Gasteiger partial charge in [-0.3, -0.25) is 9.89 Å². The van der Waals surface area contributed by atoms with E-state index in [2.05, 4.69) is 10.2 Å². The zero-order valence-corrected chi connectivity index (χ0v) is 14.7. The van der Waals surface area contributed by atoms with E-state index in [0.29, 0.717) is 32.4 Å². The number of methoxy groups -OCH3 is 1. The van der Waals surface area contributed by atoms with Crippen molar-refractivity contribution in [2.75, 3.05) is 20.2 Å². The minimum atomic E-state index is -0.484. The van der Waals surface area contributed by atoms with E-state index in [1.54, 1.807) is 12.0 Å². The number of β-amino-alcohol motifs (C(OH)–C–C–N with tert-alkyl or cyclic N) is 1. The summed E-state index contributed by atoms with van der Waals surface area (Å²) in [5.74, 6) is 0.956. The monoisotopic (exact) mass is 343 g/mol. The van der Waals surface area contributed by atoms with Gasteiger partial charge in [0, 0.05) is 31.1 Å². The first-order chi connectivity index (χ1) is 12.0. The third-order valence-corrected chi connectivity index (χ3v) is 4.78. The molecule has 1 saturated heterocycles. The molecule has 1 amide bonds. The molecule has 2 atom stereocenters. The summed E-state index contributed by atoms with van der Waals surface area (Å²) in [4.78, 5) is 14.2. The normalized spacial score (nSPS) is 20.0. The van der Waals surface area contributed by atoms with Crippen molar-refractivity contribution in [1.29, 1.82) is 0 Å². The number of rotatable bonds is 6. The fourth-order valence-electron chi connectivity index (χ4n) is 3.31. The van der Waals surface area contributed by atoms with Crippen LogP contribution in [0, 0.1) is 12.8 Å². The van der Waals surface area contributed by atoms with Gasteiger partial charge in [0.1, 0.15) is 5.75 Å². The lowest BCUT2D eigenvalue weighted by molar-refractivity contribution is -0.130. The predicted molar refractivity (Wildman–Crippen MR) is 94.4 cm³/mol. The topological polar surface area (TPSA) is 78.5 Å². The van der Waals surface area contributed by atoms with E-state index in [0.717, 1.165) is 22.7 Å². The highest BCUT2D eigenvalue weighted by Crippen LogP contribution is 2.22. The predicted octanol–water partition coefficient (Wildman–Crippen LogP) is 1.72. The second-order valence-electron chi connectivity index (χ2n) is 6.72. The second-order valence-corrected chi connectivity index (χ2v) is 6.72. The minimum absolute atomic E-state index is 0.0487. The standard InChI is InChI=1S/C19H25N3O3/c1-13-9-16(21-20-13)10-15-11-22(12-18(15)23)19(24)8-5-14-3-6-17(25-2)7-4-14/h3-4,6-7,9,15,18,23H,5,8,10-12H2,1-2H3,(H,20,21)/t15-,18-/m1/s1. The summed E-state index contributed by atoms with van der Waals surface area (Å²) >= 11 is 0. The Hall–Kier alpha value is -2.34. The maximum atomic E-state index is 12.5. The number of carbonyl (C=O) groups is 1. The van der Waals surface area contributed by atoms with E-state index in [1.165, 1.54) is 0 Å². The van der Waals surface area contributed by atoms with Crippen molar-refractivity contribution in [2.24, 2.45) is 5.92 Å². The molecule has 25 heavy (non-hydrogen) atoms. The van der Waals surface area contributed by atoms with Gasteiger partial charge < -0.3 is 14.7 Å². The Labute approximate surface area is 147 Å². The van der Waals surface area contributed by atoms with Crippen molar-refractivity contribution in [1.82, 2.24) is 15.1 Å².